The first kappa shape index (κ1) is 30.1. The van der Waals surface area contributed by atoms with Crippen LogP contribution < -0.4 is 11.1 Å². The molecule has 0 saturated heterocycles. The van der Waals surface area contributed by atoms with Gasteiger partial charge in [0, 0.05) is 54.8 Å². The molecule has 1 aromatic carbocycles. The van der Waals surface area contributed by atoms with Crippen molar-refractivity contribution >= 4 is 40.0 Å². The standard InChI is InChI=1S/C26H27ClF2N4.C3H9N/c1-6-17(12-31-15(2)3)18-9-26-25(32-13-18)8-7-24(33-26)20(14-30-5)16(4)19-10-21(27)23(29)11-22(19)28;1-2-3-4/h6-16,30H,1-5H3;2-4H2,1H3/b17-6+,20-14+,31-12?;. The molecule has 0 aliphatic heterocycles. The van der Waals surface area contributed by atoms with Crippen LogP contribution in [0.25, 0.3) is 22.2 Å². The average molecular weight is 528 g/mol. The quantitative estimate of drug-likeness (QED) is 0.240. The second-order valence-electron chi connectivity index (χ2n) is 8.76. The Kier molecular flexibility index (Phi) is 11.8. The van der Waals surface area contributed by atoms with Gasteiger partial charge in [-0.15, -0.1) is 0 Å². The fraction of sp³-hybridized carbons (Fsp3) is 0.345. The van der Waals surface area contributed by atoms with Crippen LogP contribution in [0.15, 0.2) is 53.8 Å². The molecule has 2 heterocycles. The summed E-state index contributed by atoms with van der Waals surface area (Å²) in [6, 6.07) is 8.01. The molecular weight excluding hydrogens is 492 g/mol. The first-order valence-corrected chi connectivity index (χ1v) is 12.7. The van der Waals surface area contributed by atoms with E-state index in [4.69, 9.17) is 22.3 Å². The highest BCUT2D eigenvalue weighted by molar-refractivity contribution is 6.30. The molecule has 0 saturated carbocycles. The molecule has 8 heteroatoms. The molecule has 1 unspecified atom stereocenters. The Hall–Kier alpha value is -3.16. The number of rotatable bonds is 8. The van der Waals surface area contributed by atoms with E-state index in [1.165, 1.54) is 6.07 Å². The van der Waals surface area contributed by atoms with E-state index in [9.17, 15) is 8.78 Å². The zero-order valence-electron chi connectivity index (χ0n) is 22.3. The minimum absolute atomic E-state index is 0.121. The molecule has 0 fully saturated rings. The summed E-state index contributed by atoms with van der Waals surface area (Å²) in [4.78, 5) is 13.8. The third kappa shape index (κ3) is 8.17. The van der Waals surface area contributed by atoms with E-state index in [1.807, 2.05) is 58.2 Å². The number of aliphatic imine (C=N–C) groups is 1. The molecule has 0 amide bonds. The second-order valence-corrected chi connectivity index (χ2v) is 9.17. The van der Waals surface area contributed by atoms with Crippen molar-refractivity contribution in [2.75, 3.05) is 13.6 Å². The molecule has 0 aliphatic rings. The number of aromatic nitrogens is 2. The molecule has 2 aromatic heterocycles. The Morgan fingerprint density at radius 2 is 1.84 bits per heavy atom. The Bertz CT molecular complexity index is 1280. The van der Waals surface area contributed by atoms with E-state index in [0.717, 1.165) is 41.3 Å². The fourth-order valence-corrected chi connectivity index (χ4v) is 3.66. The lowest BCUT2D eigenvalue weighted by Crippen LogP contribution is -2.07. The first-order chi connectivity index (χ1) is 17.7. The molecule has 0 spiro atoms. The monoisotopic (exact) mass is 527 g/mol. The Labute approximate surface area is 223 Å². The van der Waals surface area contributed by atoms with Gasteiger partial charge in [0.2, 0.25) is 0 Å². The van der Waals surface area contributed by atoms with Gasteiger partial charge in [-0.3, -0.25) is 9.98 Å². The number of nitrogens with two attached hydrogens (primary N) is 1. The molecular formula is C29H36ClF2N5. The Morgan fingerprint density at radius 1 is 1.14 bits per heavy atom. The van der Waals surface area contributed by atoms with Gasteiger partial charge in [-0.05, 0) is 69.1 Å². The molecule has 0 bridgehead atoms. The van der Waals surface area contributed by atoms with Gasteiger partial charge in [0.05, 0.1) is 21.7 Å². The predicted octanol–water partition coefficient (Wildman–Crippen LogP) is 7.16. The lowest BCUT2D eigenvalue weighted by molar-refractivity contribution is 0.570. The number of hydrogen-bond donors (Lipinski definition) is 2. The number of benzene rings is 1. The van der Waals surface area contributed by atoms with Crippen LogP contribution in [0.5, 0.6) is 0 Å². The summed E-state index contributed by atoms with van der Waals surface area (Å²) in [5, 5.41) is 2.88. The van der Waals surface area contributed by atoms with Crippen molar-refractivity contribution in [3.63, 3.8) is 0 Å². The minimum atomic E-state index is -0.785. The summed E-state index contributed by atoms with van der Waals surface area (Å²) in [7, 11) is 1.76. The van der Waals surface area contributed by atoms with Crippen LogP contribution in [0.2, 0.25) is 5.02 Å². The van der Waals surface area contributed by atoms with Crippen LogP contribution in [0, 0.1) is 11.6 Å². The van der Waals surface area contributed by atoms with Crippen LogP contribution in [0.3, 0.4) is 0 Å². The lowest BCUT2D eigenvalue weighted by atomic mass is 9.90. The summed E-state index contributed by atoms with van der Waals surface area (Å²) in [6.07, 6.45) is 8.48. The van der Waals surface area contributed by atoms with Crippen LogP contribution in [0.4, 0.5) is 8.78 Å². The number of nitrogens with one attached hydrogen (secondary N) is 1. The van der Waals surface area contributed by atoms with Crippen LogP contribution >= 0.6 is 11.6 Å². The molecule has 3 N–H and O–H groups in total. The van der Waals surface area contributed by atoms with Gasteiger partial charge in [-0.25, -0.2) is 13.8 Å². The lowest BCUT2D eigenvalue weighted by Gasteiger charge is -2.18. The topological polar surface area (TPSA) is 76.2 Å². The molecule has 1 atom stereocenters. The molecule has 198 valence electrons. The highest BCUT2D eigenvalue weighted by atomic mass is 35.5. The molecule has 3 aromatic rings. The SMILES string of the molecule is C/C=C(\C=NC(C)C)c1cnc2ccc(/C(=C/NC)C(C)c3cc(Cl)c(F)cc3F)nc2c1.CCCN. The van der Waals surface area contributed by atoms with Crippen LogP contribution in [0.1, 0.15) is 63.8 Å². The summed E-state index contributed by atoms with van der Waals surface area (Å²) in [6.45, 7) is 10.7. The molecule has 0 aliphatic carbocycles. The maximum Gasteiger partial charge on any atom is 0.144 e. The van der Waals surface area contributed by atoms with Gasteiger partial charge in [-0.1, -0.05) is 31.5 Å². The van der Waals surface area contributed by atoms with Gasteiger partial charge in [0.15, 0.2) is 0 Å². The van der Waals surface area contributed by atoms with E-state index in [-0.39, 0.29) is 16.6 Å². The van der Waals surface area contributed by atoms with Crippen molar-refractivity contribution in [2.24, 2.45) is 10.7 Å². The normalized spacial score (nSPS) is 13.2. The highest BCUT2D eigenvalue weighted by Gasteiger charge is 2.20. The van der Waals surface area contributed by atoms with Crippen molar-refractivity contribution in [1.29, 1.82) is 0 Å². The van der Waals surface area contributed by atoms with Crippen molar-refractivity contribution in [3.05, 3.63) is 82.3 Å². The number of fused-ring (bicyclic) bond motifs is 1. The Morgan fingerprint density at radius 3 is 2.43 bits per heavy atom. The number of nitrogens with zero attached hydrogens (tertiary/aromatic N) is 3. The molecule has 0 radical (unpaired) electrons. The number of allylic oxidation sites excluding steroid dienone is 3. The summed E-state index contributed by atoms with van der Waals surface area (Å²) in [5.74, 6) is -1.87. The number of pyridine rings is 2. The van der Waals surface area contributed by atoms with E-state index >= 15 is 0 Å². The first-order valence-electron chi connectivity index (χ1n) is 12.4. The molecule has 37 heavy (non-hydrogen) atoms. The van der Waals surface area contributed by atoms with Crippen LogP contribution in [-0.4, -0.2) is 35.8 Å². The Balaban J connectivity index is 0.00000112. The van der Waals surface area contributed by atoms with Gasteiger partial charge in [0.25, 0.3) is 0 Å². The number of hydrogen-bond acceptors (Lipinski definition) is 5. The fourth-order valence-electron chi connectivity index (χ4n) is 3.48. The summed E-state index contributed by atoms with van der Waals surface area (Å²) in [5.41, 5.74) is 10.0. The van der Waals surface area contributed by atoms with Gasteiger partial charge < -0.3 is 11.1 Å². The van der Waals surface area contributed by atoms with Crippen molar-refractivity contribution in [3.8, 4) is 0 Å². The van der Waals surface area contributed by atoms with E-state index in [0.29, 0.717) is 11.2 Å². The molecule has 3 rings (SSSR count). The summed E-state index contributed by atoms with van der Waals surface area (Å²) >= 11 is 5.93. The summed E-state index contributed by atoms with van der Waals surface area (Å²) < 4.78 is 28.2. The van der Waals surface area contributed by atoms with E-state index in [2.05, 4.69) is 22.2 Å². The molecule has 5 nitrogen and oxygen atoms in total. The van der Waals surface area contributed by atoms with Gasteiger partial charge in [-0.2, -0.15) is 0 Å². The predicted molar refractivity (Wildman–Crippen MR) is 153 cm³/mol. The van der Waals surface area contributed by atoms with E-state index < -0.39 is 17.6 Å². The maximum absolute atomic E-state index is 14.6. The highest BCUT2D eigenvalue weighted by Crippen LogP contribution is 2.35. The van der Waals surface area contributed by atoms with Crippen molar-refractivity contribution < 1.29 is 8.78 Å². The minimum Gasteiger partial charge on any atom is -0.394 e. The zero-order valence-corrected chi connectivity index (χ0v) is 23.1. The van der Waals surface area contributed by atoms with Crippen molar-refractivity contribution in [1.82, 2.24) is 15.3 Å². The third-order valence-electron chi connectivity index (χ3n) is 5.55. The third-order valence-corrected chi connectivity index (χ3v) is 5.84. The maximum atomic E-state index is 14.6. The average Bonchev–Trinajstić information content (AvgIpc) is 2.89. The van der Waals surface area contributed by atoms with Gasteiger partial charge in [0.1, 0.15) is 11.6 Å². The smallest absolute Gasteiger partial charge is 0.144 e. The van der Waals surface area contributed by atoms with Crippen LogP contribution in [-0.2, 0) is 0 Å². The number of halogens is 3. The van der Waals surface area contributed by atoms with Gasteiger partial charge >= 0.3 is 0 Å². The second kappa shape index (κ2) is 14.5. The zero-order chi connectivity index (χ0) is 27.5. The van der Waals surface area contributed by atoms with E-state index in [1.54, 1.807) is 19.4 Å². The largest absolute Gasteiger partial charge is 0.394 e. The van der Waals surface area contributed by atoms with Crippen molar-refractivity contribution in [2.45, 2.75) is 53.0 Å².